The largest absolute Gasteiger partial charge is 0.378 e. The second-order valence-corrected chi connectivity index (χ2v) is 5.73. The normalized spacial score (nSPS) is 12.0. The molecule has 0 spiro atoms. The highest BCUT2D eigenvalue weighted by Gasteiger charge is 2.13. The minimum Gasteiger partial charge on any atom is -0.378 e. The van der Waals surface area contributed by atoms with Gasteiger partial charge in [0.05, 0.1) is 0 Å². The Kier molecular flexibility index (Phi) is 4.63. The third-order valence-corrected chi connectivity index (χ3v) is 4.09. The van der Waals surface area contributed by atoms with E-state index in [0.29, 0.717) is 10.0 Å². The van der Waals surface area contributed by atoms with Gasteiger partial charge in [0.15, 0.2) is 0 Å². The van der Waals surface area contributed by atoms with Gasteiger partial charge in [-0.05, 0) is 49.2 Å². The molecule has 1 unspecified atom stereocenters. The Labute approximate surface area is 131 Å². The molecule has 1 atom stereocenters. The molecule has 0 aromatic heterocycles. The second-order valence-electron chi connectivity index (χ2n) is 4.87. The number of primary amides is 1. The molecular formula is C16H16BrFN2O. The highest BCUT2D eigenvalue weighted by molar-refractivity contribution is 9.10. The molecule has 0 heterocycles. The molecule has 0 saturated heterocycles. The number of anilines is 1. The molecule has 0 radical (unpaired) electrons. The van der Waals surface area contributed by atoms with E-state index >= 15 is 0 Å². The van der Waals surface area contributed by atoms with E-state index in [4.69, 9.17) is 5.73 Å². The zero-order valence-electron chi connectivity index (χ0n) is 11.8. The molecule has 0 aliphatic rings. The highest BCUT2D eigenvalue weighted by Crippen LogP contribution is 2.29. The number of hydrogen-bond donors (Lipinski definition) is 2. The van der Waals surface area contributed by atoms with Gasteiger partial charge in [-0.3, -0.25) is 4.79 Å². The van der Waals surface area contributed by atoms with Crippen LogP contribution in [0, 0.1) is 12.7 Å². The summed E-state index contributed by atoms with van der Waals surface area (Å²) in [6, 6.07) is 9.88. The van der Waals surface area contributed by atoms with E-state index in [2.05, 4.69) is 21.2 Å². The zero-order chi connectivity index (χ0) is 15.6. The predicted molar refractivity (Wildman–Crippen MR) is 85.8 cm³/mol. The van der Waals surface area contributed by atoms with Crippen molar-refractivity contribution >= 4 is 27.5 Å². The number of carbonyl (C=O) groups excluding carboxylic acids is 1. The maximum absolute atomic E-state index is 13.1. The number of benzene rings is 2. The molecule has 110 valence electrons. The van der Waals surface area contributed by atoms with Crippen molar-refractivity contribution in [2.75, 3.05) is 5.32 Å². The van der Waals surface area contributed by atoms with E-state index in [1.807, 2.05) is 19.9 Å². The van der Waals surface area contributed by atoms with Crippen molar-refractivity contribution in [2.24, 2.45) is 5.73 Å². The summed E-state index contributed by atoms with van der Waals surface area (Å²) in [7, 11) is 0. The lowest BCUT2D eigenvalue weighted by Gasteiger charge is -2.19. The first-order valence-corrected chi connectivity index (χ1v) is 7.30. The van der Waals surface area contributed by atoms with Crippen molar-refractivity contribution in [2.45, 2.75) is 19.9 Å². The Bertz CT molecular complexity index is 688. The number of amides is 1. The van der Waals surface area contributed by atoms with Crippen LogP contribution in [0.2, 0.25) is 0 Å². The van der Waals surface area contributed by atoms with E-state index in [0.717, 1.165) is 16.8 Å². The number of nitrogens with one attached hydrogen (secondary N) is 1. The van der Waals surface area contributed by atoms with E-state index in [9.17, 15) is 9.18 Å². The van der Waals surface area contributed by atoms with Gasteiger partial charge >= 0.3 is 0 Å². The van der Waals surface area contributed by atoms with E-state index in [-0.39, 0.29) is 11.9 Å². The summed E-state index contributed by atoms with van der Waals surface area (Å²) in [5.74, 6) is -0.739. The first-order valence-electron chi connectivity index (χ1n) is 6.51. The summed E-state index contributed by atoms with van der Waals surface area (Å²) in [6.45, 7) is 3.81. The van der Waals surface area contributed by atoms with Crippen molar-refractivity contribution in [3.05, 3.63) is 63.4 Å². The van der Waals surface area contributed by atoms with Crippen LogP contribution in [0.4, 0.5) is 10.1 Å². The van der Waals surface area contributed by atoms with Gasteiger partial charge in [0.25, 0.3) is 0 Å². The molecule has 1 amide bonds. The summed E-state index contributed by atoms with van der Waals surface area (Å²) in [6.07, 6.45) is 0. The maximum Gasteiger partial charge on any atom is 0.249 e. The van der Waals surface area contributed by atoms with Crippen LogP contribution < -0.4 is 11.1 Å². The van der Waals surface area contributed by atoms with Crippen LogP contribution in [-0.2, 0) is 0 Å². The Morgan fingerprint density at radius 1 is 1.33 bits per heavy atom. The smallest absolute Gasteiger partial charge is 0.249 e. The molecule has 2 rings (SSSR count). The summed E-state index contributed by atoms with van der Waals surface area (Å²) in [5, 5.41) is 3.32. The standard InChI is InChI=1S/C16H16BrFN2O/c1-9-12(16(19)21)4-3-5-15(9)20-10(2)13-7-6-11(18)8-14(13)17/h3-8,10,20H,1-2H3,(H2,19,21). The highest BCUT2D eigenvalue weighted by atomic mass is 79.9. The van der Waals surface area contributed by atoms with Gasteiger partial charge in [0, 0.05) is 21.8 Å². The SMILES string of the molecule is Cc1c(NC(C)c2ccc(F)cc2Br)cccc1C(N)=O. The van der Waals surface area contributed by atoms with Crippen LogP contribution in [0.1, 0.15) is 34.5 Å². The van der Waals surface area contributed by atoms with Gasteiger partial charge < -0.3 is 11.1 Å². The molecule has 0 fully saturated rings. The molecule has 5 heteroatoms. The predicted octanol–water partition coefficient (Wildman–Crippen LogP) is 4.17. The van der Waals surface area contributed by atoms with Gasteiger partial charge in [-0.1, -0.05) is 28.1 Å². The van der Waals surface area contributed by atoms with Crippen LogP contribution in [-0.4, -0.2) is 5.91 Å². The van der Waals surface area contributed by atoms with E-state index in [1.165, 1.54) is 12.1 Å². The van der Waals surface area contributed by atoms with Gasteiger partial charge in [-0.25, -0.2) is 4.39 Å². The topological polar surface area (TPSA) is 55.1 Å². The fourth-order valence-electron chi connectivity index (χ4n) is 2.22. The van der Waals surface area contributed by atoms with Gasteiger partial charge in [-0.2, -0.15) is 0 Å². The average Bonchev–Trinajstić information content (AvgIpc) is 2.40. The monoisotopic (exact) mass is 350 g/mol. The molecule has 0 bridgehead atoms. The fourth-order valence-corrected chi connectivity index (χ4v) is 2.92. The van der Waals surface area contributed by atoms with Crippen LogP contribution in [0.15, 0.2) is 40.9 Å². The number of hydrogen-bond acceptors (Lipinski definition) is 2. The van der Waals surface area contributed by atoms with E-state index in [1.54, 1.807) is 18.2 Å². The van der Waals surface area contributed by atoms with Crippen molar-refractivity contribution in [3.8, 4) is 0 Å². The minimum absolute atomic E-state index is 0.0539. The van der Waals surface area contributed by atoms with Crippen LogP contribution >= 0.6 is 15.9 Å². The Morgan fingerprint density at radius 3 is 2.67 bits per heavy atom. The third-order valence-electron chi connectivity index (χ3n) is 3.40. The summed E-state index contributed by atoms with van der Waals surface area (Å²) in [4.78, 5) is 11.4. The summed E-state index contributed by atoms with van der Waals surface area (Å²) in [5.41, 5.74) is 8.40. The summed E-state index contributed by atoms with van der Waals surface area (Å²) >= 11 is 3.36. The minimum atomic E-state index is -0.452. The Morgan fingerprint density at radius 2 is 2.05 bits per heavy atom. The first kappa shape index (κ1) is 15.5. The van der Waals surface area contributed by atoms with Crippen LogP contribution in [0.25, 0.3) is 0 Å². The molecule has 0 saturated carbocycles. The third kappa shape index (κ3) is 3.42. The maximum atomic E-state index is 13.1. The molecule has 0 aliphatic heterocycles. The number of rotatable bonds is 4. The molecule has 21 heavy (non-hydrogen) atoms. The summed E-state index contributed by atoms with van der Waals surface area (Å²) < 4.78 is 13.8. The lowest BCUT2D eigenvalue weighted by atomic mass is 10.0. The Hall–Kier alpha value is -1.88. The van der Waals surface area contributed by atoms with Crippen molar-refractivity contribution in [1.29, 1.82) is 0 Å². The van der Waals surface area contributed by atoms with Crippen molar-refractivity contribution in [1.82, 2.24) is 0 Å². The molecular weight excluding hydrogens is 335 g/mol. The second kappa shape index (κ2) is 6.26. The van der Waals surface area contributed by atoms with Gasteiger partial charge in [0.1, 0.15) is 5.82 Å². The fraction of sp³-hybridized carbons (Fsp3) is 0.188. The molecule has 0 aliphatic carbocycles. The molecule has 2 aromatic carbocycles. The quantitative estimate of drug-likeness (QED) is 0.869. The number of carbonyl (C=O) groups is 1. The number of halogens is 2. The van der Waals surface area contributed by atoms with Crippen LogP contribution in [0.5, 0.6) is 0 Å². The lowest BCUT2D eigenvalue weighted by molar-refractivity contribution is 0.1000. The lowest BCUT2D eigenvalue weighted by Crippen LogP contribution is -2.15. The average molecular weight is 351 g/mol. The van der Waals surface area contributed by atoms with Crippen molar-refractivity contribution < 1.29 is 9.18 Å². The van der Waals surface area contributed by atoms with E-state index < -0.39 is 5.91 Å². The molecule has 3 N–H and O–H groups in total. The van der Waals surface area contributed by atoms with Crippen LogP contribution in [0.3, 0.4) is 0 Å². The Balaban J connectivity index is 2.29. The van der Waals surface area contributed by atoms with Gasteiger partial charge in [0.2, 0.25) is 5.91 Å². The first-order chi connectivity index (χ1) is 9.90. The molecule has 3 nitrogen and oxygen atoms in total. The van der Waals surface area contributed by atoms with Crippen molar-refractivity contribution in [3.63, 3.8) is 0 Å². The van der Waals surface area contributed by atoms with Gasteiger partial charge in [-0.15, -0.1) is 0 Å². The zero-order valence-corrected chi connectivity index (χ0v) is 13.4. The molecule has 2 aromatic rings. The number of nitrogens with two attached hydrogens (primary N) is 1.